The molecule has 0 aliphatic heterocycles. The molecule has 1 aromatic carbocycles. The average Bonchev–Trinajstić information content (AvgIpc) is 2.29. The molecular weight excluding hydrogens is 186 g/mol. The van der Waals surface area contributed by atoms with Crippen LogP contribution in [0.2, 0.25) is 0 Å². The number of amides is 1. The predicted octanol–water partition coefficient (Wildman–Crippen LogP) is 2.43. The first kappa shape index (κ1) is 11.5. The molecule has 1 N–H and O–H groups in total. The van der Waals surface area contributed by atoms with E-state index >= 15 is 0 Å². The Labute approximate surface area is 91.0 Å². The number of rotatable bonds is 4. The van der Waals surface area contributed by atoms with E-state index in [9.17, 15) is 4.79 Å². The summed E-state index contributed by atoms with van der Waals surface area (Å²) < 4.78 is 0. The molecule has 2 heteroatoms. The summed E-state index contributed by atoms with van der Waals surface area (Å²) in [5, 5.41) is 2.83. The minimum Gasteiger partial charge on any atom is -0.350 e. The lowest BCUT2D eigenvalue weighted by molar-refractivity contribution is -0.116. The molecule has 1 aromatic rings. The topological polar surface area (TPSA) is 29.1 Å². The lowest BCUT2D eigenvalue weighted by atomic mass is 10.1. The third-order valence-corrected chi connectivity index (χ3v) is 2.21. The van der Waals surface area contributed by atoms with Crippen molar-refractivity contribution < 1.29 is 4.79 Å². The summed E-state index contributed by atoms with van der Waals surface area (Å²) in [7, 11) is 0. The zero-order chi connectivity index (χ0) is 11.3. The summed E-state index contributed by atoms with van der Waals surface area (Å²) in [5.74, 6) is -0.127. The van der Waals surface area contributed by atoms with Crippen LogP contribution in [0.15, 0.2) is 36.9 Å². The normalized spacial score (nSPS) is 11.9. The SMILES string of the molecule is [CH2]CC(C)NC(=O)C(=C)c1ccccc1. The van der Waals surface area contributed by atoms with Gasteiger partial charge in [-0.05, 0) is 18.9 Å². The third kappa shape index (κ3) is 3.24. The first-order valence-corrected chi connectivity index (χ1v) is 4.99. The quantitative estimate of drug-likeness (QED) is 0.746. The van der Waals surface area contributed by atoms with Crippen LogP contribution in [-0.4, -0.2) is 11.9 Å². The maximum atomic E-state index is 11.7. The van der Waals surface area contributed by atoms with Crippen LogP contribution in [0.4, 0.5) is 0 Å². The number of nitrogens with one attached hydrogen (secondary N) is 1. The van der Waals surface area contributed by atoms with Gasteiger partial charge in [0.05, 0.1) is 0 Å². The first-order chi connectivity index (χ1) is 7.15. The number of carbonyl (C=O) groups excluding carboxylic acids is 1. The minimum absolute atomic E-state index is 0.0814. The van der Waals surface area contributed by atoms with Crippen molar-refractivity contribution in [3.63, 3.8) is 0 Å². The molecule has 2 nitrogen and oxygen atoms in total. The van der Waals surface area contributed by atoms with Crippen LogP contribution in [0.5, 0.6) is 0 Å². The lowest BCUT2D eigenvalue weighted by Gasteiger charge is -2.12. The fourth-order valence-electron chi connectivity index (χ4n) is 1.15. The highest BCUT2D eigenvalue weighted by Gasteiger charge is 2.10. The zero-order valence-electron chi connectivity index (χ0n) is 8.99. The zero-order valence-corrected chi connectivity index (χ0v) is 8.99. The largest absolute Gasteiger partial charge is 0.350 e. The van der Waals surface area contributed by atoms with Crippen molar-refractivity contribution in [3.05, 3.63) is 49.4 Å². The number of benzene rings is 1. The maximum absolute atomic E-state index is 11.7. The van der Waals surface area contributed by atoms with Gasteiger partial charge in [0, 0.05) is 11.6 Å². The standard InChI is InChI=1S/C13H16NO/c1-4-10(2)14-13(15)11(3)12-8-6-5-7-9-12/h5-10H,1,3-4H2,2H3,(H,14,15). The van der Waals surface area contributed by atoms with E-state index < -0.39 is 0 Å². The molecule has 1 radical (unpaired) electrons. The molecule has 1 unspecified atom stereocenters. The first-order valence-electron chi connectivity index (χ1n) is 4.99. The molecule has 79 valence electrons. The van der Waals surface area contributed by atoms with Gasteiger partial charge >= 0.3 is 0 Å². The Bertz CT molecular complexity index is 343. The van der Waals surface area contributed by atoms with Gasteiger partial charge in [-0.25, -0.2) is 0 Å². The molecule has 0 saturated carbocycles. The number of hydrogen-bond acceptors (Lipinski definition) is 1. The predicted molar refractivity (Wildman–Crippen MR) is 63.1 cm³/mol. The van der Waals surface area contributed by atoms with E-state index in [0.29, 0.717) is 12.0 Å². The molecule has 1 atom stereocenters. The van der Waals surface area contributed by atoms with Crippen molar-refractivity contribution in [2.75, 3.05) is 0 Å². The van der Waals surface area contributed by atoms with Gasteiger partial charge in [-0.2, -0.15) is 0 Å². The second-order valence-corrected chi connectivity index (χ2v) is 3.51. The molecule has 1 amide bonds. The van der Waals surface area contributed by atoms with E-state index in [2.05, 4.69) is 18.8 Å². The van der Waals surface area contributed by atoms with Gasteiger partial charge < -0.3 is 5.32 Å². The van der Waals surface area contributed by atoms with E-state index in [0.717, 1.165) is 5.56 Å². The van der Waals surface area contributed by atoms with Crippen LogP contribution in [-0.2, 0) is 4.79 Å². The Hall–Kier alpha value is -1.57. The second-order valence-electron chi connectivity index (χ2n) is 3.51. The van der Waals surface area contributed by atoms with Crippen molar-refractivity contribution >= 4 is 11.5 Å². The van der Waals surface area contributed by atoms with E-state index in [1.54, 1.807) is 0 Å². The van der Waals surface area contributed by atoms with Crippen molar-refractivity contribution in [3.8, 4) is 0 Å². The molecule has 0 bridgehead atoms. The number of carbonyl (C=O) groups is 1. The van der Waals surface area contributed by atoms with Gasteiger partial charge in [-0.1, -0.05) is 43.8 Å². The number of hydrogen-bond donors (Lipinski definition) is 1. The average molecular weight is 202 g/mol. The highest BCUT2D eigenvalue weighted by molar-refractivity contribution is 6.18. The maximum Gasteiger partial charge on any atom is 0.251 e. The Morgan fingerprint density at radius 1 is 1.40 bits per heavy atom. The fourth-order valence-corrected chi connectivity index (χ4v) is 1.15. The van der Waals surface area contributed by atoms with Crippen LogP contribution in [0.3, 0.4) is 0 Å². The Kier molecular flexibility index (Phi) is 4.10. The van der Waals surface area contributed by atoms with Gasteiger partial charge in [0.25, 0.3) is 5.91 Å². The highest BCUT2D eigenvalue weighted by Crippen LogP contribution is 2.11. The Morgan fingerprint density at radius 2 is 2.00 bits per heavy atom. The highest BCUT2D eigenvalue weighted by atomic mass is 16.1. The fraction of sp³-hybridized carbons (Fsp3) is 0.231. The van der Waals surface area contributed by atoms with Crippen molar-refractivity contribution in [1.82, 2.24) is 5.32 Å². The molecule has 0 aliphatic carbocycles. The van der Waals surface area contributed by atoms with Crippen LogP contribution >= 0.6 is 0 Å². The molecule has 0 spiro atoms. The summed E-state index contributed by atoms with van der Waals surface area (Å²) in [4.78, 5) is 11.7. The van der Waals surface area contributed by atoms with Gasteiger partial charge in [0.2, 0.25) is 0 Å². The molecule has 0 aromatic heterocycles. The van der Waals surface area contributed by atoms with E-state index in [1.165, 1.54) is 0 Å². The Morgan fingerprint density at radius 3 is 2.53 bits per heavy atom. The van der Waals surface area contributed by atoms with Crippen molar-refractivity contribution in [2.24, 2.45) is 0 Å². The molecule has 0 heterocycles. The molecule has 0 aliphatic rings. The van der Waals surface area contributed by atoms with E-state index in [-0.39, 0.29) is 11.9 Å². The van der Waals surface area contributed by atoms with Crippen LogP contribution in [0.1, 0.15) is 18.9 Å². The molecule has 1 rings (SSSR count). The molecule has 0 saturated heterocycles. The summed E-state index contributed by atoms with van der Waals surface area (Å²) >= 11 is 0. The van der Waals surface area contributed by atoms with E-state index in [4.69, 9.17) is 0 Å². The second kappa shape index (κ2) is 5.35. The van der Waals surface area contributed by atoms with Crippen LogP contribution in [0, 0.1) is 6.92 Å². The molecule has 0 fully saturated rings. The van der Waals surface area contributed by atoms with Crippen LogP contribution in [0.25, 0.3) is 5.57 Å². The monoisotopic (exact) mass is 202 g/mol. The summed E-state index contributed by atoms with van der Waals surface area (Å²) in [6.07, 6.45) is 0.674. The van der Waals surface area contributed by atoms with Crippen molar-refractivity contribution in [2.45, 2.75) is 19.4 Å². The lowest BCUT2D eigenvalue weighted by Crippen LogP contribution is -2.32. The molecule has 15 heavy (non-hydrogen) atoms. The summed E-state index contributed by atoms with van der Waals surface area (Å²) in [5.41, 5.74) is 1.35. The Balaban J connectivity index is 2.66. The van der Waals surface area contributed by atoms with Gasteiger partial charge in [-0.3, -0.25) is 4.79 Å². The summed E-state index contributed by atoms with van der Waals surface area (Å²) in [6, 6.07) is 9.51. The smallest absolute Gasteiger partial charge is 0.251 e. The van der Waals surface area contributed by atoms with Gasteiger partial charge in [0.1, 0.15) is 0 Å². The van der Waals surface area contributed by atoms with Gasteiger partial charge in [0.15, 0.2) is 0 Å². The third-order valence-electron chi connectivity index (χ3n) is 2.21. The van der Waals surface area contributed by atoms with Crippen molar-refractivity contribution in [1.29, 1.82) is 0 Å². The van der Waals surface area contributed by atoms with Gasteiger partial charge in [-0.15, -0.1) is 0 Å². The molecular formula is C13H16NO. The van der Waals surface area contributed by atoms with Crippen LogP contribution < -0.4 is 5.32 Å². The van der Waals surface area contributed by atoms with E-state index in [1.807, 2.05) is 37.3 Å². The summed E-state index contributed by atoms with van der Waals surface area (Å²) in [6.45, 7) is 9.43. The minimum atomic E-state index is -0.127.